The van der Waals surface area contributed by atoms with E-state index in [9.17, 15) is 9.90 Å². The Bertz CT molecular complexity index is 1080. The summed E-state index contributed by atoms with van der Waals surface area (Å²) in [6, 6.07) is 14.3. The van der Waals surface area contributed by atoms with Crippen molar-refractivity contribution in [3.63, 3.8) is 0 Å². The lowest BCUT2D eigenvalue weighted by atomic mass is 10.0. The van der Waals surface area contributed by atoms with Crippen LogP contribution in [0, 0.1) is 13.8 Å². The summed E-state index contributed by atoms with van der Waals surface area (Å²) in [7, 11) is 0. The maximum Gasteiger partial charge on any atom is 0.135 e. The van der Waals surface area contributed by atoms with Crippen molar-refractivity contribution in [2.45, 2.75) is 53.5 Å². The Hall–Kier alpha value is -3.41. The number of aliphatic carboxylic acids is 1. The molecule has 3 aromatic rings. The third kappa shape index (κ3) is 6.31. The van der Waals surface area contributed by atoms with E-state index in [0.29, 0.717) is 12.3 Å². The molecule has 0 fully saturated rings. The number of carbonyl (C=O) groups excluding carboxylic acids is 1. The van der Waals surface area contributed by atoms with Crippen LogP contribution in [0.15, 0.2) is 48.8 Å². The molecule has 0 unspecified atom stereocenters. The van der Waals surface area contributed by atoms with Crippen LogP contribution in [0.25, 0.3) is 11.3 Å². The molecule has 0 atom stereocenters. The van der Waals surface area contributed by atoms with Crippen molar-refractivity contribution >= 4 is 11.8 Å². The van der Waals surface area contributed by atoms with Crippen molar-refractivity contribution in [1.29, 1.82) is 0 Å². The summed E-state index contributed by atoms with van der Waals surface area (Å²) in [5.41, 5.74) is 6.40. The molecule has 0 aliphatic carbocycles. The normalized spacial score (nSPS) is 10.8. The van der Waals surface area contributed by atoms with Gasteiger partial charge in [-0.05, 0) is 43.9 Å². The van der Waals surface area contributed by atoms with Crippen LogP contribution in [0.4, 0.5) is 5.82 Å². The summed E-state index contributed by atoms with van der Waals surface area (Å²) >= 11 is 0. The van der Waals surface area contributed by atoms with Crippen LogP contribution in [0.3, 0.4) is 0 Å². The highest BCUT2D eigenvalue weighted by Gasteiger charge is 2.16. The van der Waals surface area contributed by atoms with Gasteiger partial charge in [-0.3, -0.25) is 0 Å². The smallest absolute Gasteiger partial charge is 0.135 e. The van der Waals surface area contributed by atoms with Gasteiger partial charge in [-0.25, -0.2) is 9.97 Å². The average Bonchev–Trinajstić information content (AvgIpc) is 2.81. The van der Waals surface area contributed by atoms with E-state index in [4.69, 9.17) is 4.74 Å². The van der Waals surface area contributed by atoms with Crippen LogP contribution in [0.2, 0.25) is 0 Å². The van der Waals surface area contributed by atoms with Gasteiger partial charge in [0.1, 0.15) is 24.5 Å². The number of hydrogen-bond acceptors (Lipinski definition) is 6. The molecule has 0 aliphatic rings. The molecule has 33 heavy (non-hydrogen) atoms. The van der Waals surface area contributed by atoms with Gasteiger partial charge in [0.25, 0.3) is 0 Å². The minimum absolute atomic E-state index is 0.448. The number of rotatable bonds is 11. The van der Waals surface area contributed by atoms with Gasteiger partial charge in [0.2, 0.25) is 0 Å². The molecule has 0 bridgehead atoms. The first-order valence-electron chi connectivity index (χ1n) is 11.5. The molecule has 0 saturated carbocycles. The van der Waals surface area contributed by atoms with E-state index in [1.807, 2.05) is 19.1 Å². The maximum absolute atomic E-state index is 10.8. The second kappa shape index (κ2) is 11.5. The Morgan fingerprint density at radius 3 is 2.48 bits per heavy atom. The van der Waals surface area contributed by atoms with Crippen LogP contribution >= 0.6 is 0 Å². The zero-order chi connectivity index (χ0) is 23.8. The maximum atomic E-state index is 10.8. The fourth-order valence-corrected chi connectivity index (χ4v) is 3.88. The highest BCUT2D eigenvalue weighted by Crippen LogP contribution is 2.29. The molecular weight excluding hydrogens is 414 g/mol. The number of carboxylic acids is 1. The fraction of sp³-hybridized carbons (Fsp3) is 0.370. The van der Waals surface area contributed by atoms with Gasteiger partial charge >= 0.3 is 0 Å². The van der Waals surface area contributed by atoms with E-state index in [-0.39, 0.29) is 0 Å². The second-order valence-electron chi connectivity index (χ2n) is 8.27. The van der Waals surface area contributed by atoms with Crippen LogP contribution in [-0.4, -0.2) is 29.1 Å². The first-order chi connectivity index (χ1) is 15.9. The lowest BCUT2D eigenvalue weighted by molar-refractivity contribution is -0.307. The number of ether oxygens (including phenoxy) is 1. The van der Waals surface area contributed by atoms with Crippen molar-refractivity contribution < 1.29 is 14.6 Å². The van der Waals surface area contributed by atoms with Crippen LogP contribution in [0.1, 0.15) is 48.9 Å². The number of anilines is 1. The molecular formula is C27H32N3O3-. The van der Waals surface area contributed by atoms with Gasteiger partial charge in [-0.2, -0.15) is 0 Å². The third-order valence-electron chi connectivity index (χ3n) is 5.69. The lowest BCUT2D eigenvalue weighted by Crippen LogP contribution is -2.29. The van der Waals surface area contributed by atoms with Gasteiger partial charge < -0.3 is 19.5 Å². The molecule has 1 heterocycles. The summed E-state index contributed by atoms with van der Waals surface area (Å²) in [6.07, 6.45) is 4.53. The molecule has 0 aliphatic heterocycles. The average molecular weight is 447 g/mol. The monoisotopic (exact) mass is 446 g/mol. The molecule has 6 nitrogen and oxygen atoms in total. The Labute approximate surface area is 196 Å². The number of carbonyl (C=O) groups is 1. The number of unbranched alkanes of at least 4 members (excludes halogenated alkanes) is 1. The minimum atomic E-state index is -1.23. The van der Waals surface area contributed by atoms with Gasteiger partial charge in [-0.15, -0.1) is 0 Å². The van der Waals surface area contributed by atoms with Crippen LogP contribution < -0.4 is 14.7 Å². The number of aromatic nitrogens is 2. The van der Waals surface area contributed by atoms with Gasteiger partial charge in [0.15, 0.2) is 0 Å². The Balaban J connectivity index is 1.91. The van der Waals surface area contributed by atoms with E-state index in [2.05, 4.69) is 66.0 Å². The molecule has 0 N–H and O–H groups in total. The van der Waals surface area contributed by atoms with E-state index in [0.717, 1.165) is 59.6 Å². The van der Waals surface area contributed by atoms with E-state index in [1.54, 1.807) is 6.33 Å². The predicted molar refractivity (Wildman–Crippen MR) is 129 cm³/mol. The first kappa shape index (κ1) is 24.2. The fourth-order valence-electron chi connectivity index (χ4n) is 3.88. The topological polar surface area (TPSA) is 78.4 Å². The SMILES string of the molecule is CCCCN(Cc1ccc(OCC(=O)[O-])c(CC)c1)c1ncnc(-c2ccc(C)cc2)c1C. The van der Waals surface area contributed by atoms with Crippen molar-refractivity contribution in [2.24, 2.45) is 0 Å². The number of benzene rings is 2. The Morgan fingerprint density at radius 2 is 1.82 bits per heavy atom. The third-order valence-corrected chi connectivity index (χ3v) is 5.69. The summed E-state index contributed by atoms with van der Waals surface area (Å²) in [4.78, 5) is 22.3. The van der Waals surface area contributed by atoms with Crippen molar-refractivity contribution in [3.8, 4) is 17.0 Å². The van der Waals surface area contributed by atoms with Crippen molar-refractivity contribution in [3.05, 3.63) is 71.0 Å². The zero-order valence-corrected chi connectivity index (χ0v) is 19.9. The molecule has 0 spiro atoms. The molecule has 6 heteroatoms. The second-order valence-corrected chi connectivity index (χ2v) is 8.27. The summed E-state index contributed by atoms with van der Waals surface area (Å²) in [5.74, 6) is 0.297. The lowest BCUT2D eigenvalue weighted by Gasteiger charge is -2.26. The van der Waals surface area contributed by atoms with Crippen molar-refractivity contribution in [1.82, 2.24) is 9.97 Å². The summed E-state index contributed by atoms with van der Waals surface area (Å²) in [5, 5.41) is 10.8. The molecule has 3 rings (SSSR count). The summed E-state index contributed by atoms with van der Waals surface area (Å²) in [6.45, 7) is 9.50. The number of aryl methyl sites for hydroxylation is 2. The molecule has 174 valence electrons. The van der Waals surface area contributed by atoms with Gasteiger partial charge in [0, 0.05) is 24.2 Å². The number of hydrogen-bond donors (Lipinski definition) is 0. The molecule has 2 aromatic carbocycles. The Kier molecular flexibility index (Phi) is 8.41. The number of carboxylic acid groups (broad SMARTS) is 1. The quantitative estimate of drug-likeness (QED) is 0.438. The standard InChI is InChI=1S/C27H33N3O3/c1-5-7-14-30(16-21-10-13-24(22(6-2)15-21)33-17-25(31)32)27-20(4)26(28-18-29-27)23-11-8-19(3)9-12-23/h8-13,15,18H,5-7,14,16-17H2,1-4H3,(H,31,32)/p-1. The predicted octanol–water partition coefficient (Wildman–Crippen LogP) is 4.26. The van der Waals surface area contributed by atoms with Gasteiger partial charge in [-0.1, -0.05) is 62.2 Å². The largest absolute Gasteiger partial charge is 0.546 e. The molecule has 1 aromatic heterocycles. The molecule has 0 saturated heterocycles. The highest BCUT2D eigenvalue weighted by molar-refractivity contribution is 5.68. The summed E-state index contributed by atoms with van der Waals surface area (Å²) < 4.78 is 5.39. The van der Waals surface area contributed by atoms with Gasteiger partial charge in [0.05, 0.1) is 11.7 Å². The highest BCUT2D eigenvalue weighted by atomic mass is 16.5. The molecule has 0 amide bonds. The minimum Gasteiger partial charge on any atom is -0.546 e. The van der Waals surface area contributed by atoms with E-state index < -0.39 is 12.6 Å². The van der Waals surface area contributed by atoms with Crippen LogP contribution in [0.5, 0.6) is 5.75 Å². The van der Waals surface area contributed by atoms with E-state index in [1.165, 1.54) is 5.56 Å². The van der Waals surface area contributed by atoms with E-state index >= 15 is 0 Å². The zero-order valence-electron chi connectivity index (χ0n) is 19.9. The molecule has 0 radical (unpaired) electrons. The number of nitrogens with zero attached hydrogens (tertiary/aromatic N) is 3. The Morgan fingerprint density at radius 1 is 1.06 bits per heavy atom. The first-order valence-corrected chi connectivity index (χ1v) is 11.5. The van der Waals surface area contributed by atoms with Crippen molar-refractivity contribution in [2.75, 3.05) is 18.1 Å². The van der Waals surface area contributed by atoms with Crippen LogP contribution in [-0.2, 0) is 17.8 Å².